The number of para-hydroxylation sites is 1. The molecule has 0 saturated carbocycles. The van der Waals surface area contributed by atoms with Crippen molar-refractivity contribution in [2.45, 2.75) is 20.8 Å². The van der Waals surface area contributed by atoms with Crippen LogP contribution in [0, 0.1) is 13.8 Å². The number of fused-ring (bicyclic) bond motifs is 3. The second-order valence-corrected chi connectivity index (χ2v) is 9.11. The molecule has 1 aromatic heterocycles. The molecule has 1 heteroatoms. The lowest BCUT2D eigenvalue weighted by molar-refractivity contribution is 1.18. The monoisotopic (exact) mass is 465 g/mol. The molecule has 1 heterocycles. The van der Waals surface area contributed by atoms with Gasteiger partial charge in [-0.25, -0.2) is 0 Å². The van der Waals surface area contributed by atoms with Crippen LogP contribution in [0.4, 0.5) is 0 Å². The summed E-state index contributed by atoms with van der Waals surface area (Å²) >= 11 is 0. The fraction of sp³-hybridized carbons (Fsp3) is 0.0857. The van der Waals surface area contributed by atoms with E-state index in [4.69, 9.17) is 0 Å². The standard InChI is InChI=1S/C28H23N.C7H8/c1-3-10-24-20(2)15-17-27-28(24)25-19-22(21-11-6-4-7-12-21)16-18-26(25)29(27)23-13-8-5-9-14-23;1-7-5-3-2-4-6-7/h3-19H,1-2H3;2-6H,1H3/b10-3-;. The Labute approximate surface area is 214 Å². The van der Waals surface area contributed by atoms with Gasteiger partial charge < -0.3 is 4.57 Å². The van der Waals surface area contributed by atoms with Gasteiger partial charge in [-0.1, -0.05) is 109 Å². The molecule has 0 N–H and O–H groups in total. The number of aromatic nitrogens is 1. The van der Waals surface area contributed by atoms with Crippen molar-refractivity contribution in [2.75, 3.05) is 0 Å². The van der Waals surface area contributed by atoms with E-state index in [9.17, 15) is 0 Å². The van der Waals surface area contributed by atoms with Crippen LogP contribution in [0.25, 0.3) is 44.7 Å². The fourth-order valence-electron chi connectivity index (χ4n) is 4.82. The number of aryl methyl sites for hydroxylation is 2. The third kappa shape index (κ3) is 4.61. The molecule has 0 radical (unpaired) electrons. The highest BCUT2D eigenvalue weighted by Gasteiger charge is 2.16. The van der Waals surface area contributed by atoms with E-state index in [-0.39, 0.29) is 0 Å². The molecule has 0 aliphatic heterocycles. The normalized spacial score (nSPS) is 11.1. The van der Waals surface area contributed by atoms with Gasteiger partial charge in [0.05, 0.1) is 11.0 Å². The molecule has 1 nitrogen and oxygen atoms in total. The van der Waals surface area contributed by atoms with Crippen LogP contribution in [0.15, 0.2) is 127 Å². The molecule has 0 amide bonds. The quantitative estimate of drug-likeness (QED) is 0.245. The molecular formula is C35H31N. The Kier molecular flexibility index (Phi) is 6.82. The molecule has 0 unspecified atom stereocenters. The largest absolute Gasteiger partial charge is 0.309 e. The van der Waals surface area contributed by atoms with E-state index in [0.29, 0.717) is 0 Å². The summed E-state index contributed by atoms with van der Waals surface area (Å²) in [6, 6.07) is 42.8. The van der Waals surface area contributed by atoms with Crippen LogP contribution < -0.4 is 0 Å². The van der Waals surface area contributed by atoms with Gasteiger partial charge in [0.15, 0.2) is 0 Å². The Morgan fingerprint density at radius 2 is 1.19 bits per heavy atom. The van der Waals surface area contributed by atoms with E-state index < -0.39 is 0 Å². The lowest BCUT2D eigenvalue weighted by Crippen LogP contribution is -1.93. The molecule has 36 heavy (non-hydrogen) atoms. The highest BCUT2D eigenvalue weighted by Crippen LogP contribution is 2.38. The smallest absolute Gasteiger partial charge is 0.0547 e. The van der Waals surface area contributed by atoms with Gasteiger partial charge >= 0.3 is 0 Å². The lowest BCUT2D eigenvalue weighted by atomic mass is 9.98. The van der Waals surface area contributed by atoms with Crippen molar-refractivity contribution in [3.05, 3.63) is 144 Å². The van der Waals surface area contributed by atoms with Crippen molar-refractivity contribution in [2.24, 2.45) is 0 Å². The Morgan fingerprint density at radius 3 is 1.81 bits per heavy atom. The average Bonchev–Trinajstić information content (AvgIpc) is 3.26. The zero-order valence-electron chi connectivity index (χ0n) is 21.1. The second kappa shape index (κ2) is 10.5. The minimum Gasteiger partial charge on any atom is -0.309 e. The van der Waals surface area contributed by atoms with E-state index >= 15 is 0 Å². The van der Waals surface area contributed by atoms with Gasteiger partial charge in [0.1, 0.15) is 0 Å². The van der Waals surface area contributed by atoms with Gasteiger partial charge in [0.2, 0.25) is 0 Å². The maximum absolute atomic E-state index is 2.38. The van der Waals surface area contributed by atoms with Crippen LogP contribution >= 0.6 is 0 Å². The van der Waals surface area contributed by atoms with Crippen LogP contribution in [-0.4, -0.2) is 4.57 Å². The molecule has 6 rings (SSSR count). The zero-order chi connectivity index (χ0) is 24.9. The molecule has 0 aliphatic carbocycles. The van der Waals surface area contributed by atoms with Gasteiger partial charge in [0, 0.05) is 16.5 Å². The lowest BCUT2D eigenvalue weighted by Gasteiger charge is -2.09. The number of nitrogens with zero attached hydrogens (tertiary/aromatic N) is 1. The van der Waals surface area contributed by atoms with E-state index in [1.54, 1.807) is 0 Å². The minimum absolute atomic E-state index is 1.19. The highest BCUT2D eigenvalue weighted by atomic mass is 15.0. The molecule has 0 bridgehead atoms. The Hall–Kier alpha value is -4.36. The maximum atomic E-state index is 2.38. The van der Waals surface area contributed by atoms with Crippen molar-refractivity contribution in [1.82, 2.24) is 4.57 Å². The van der Waals surface area contributed by atoms with Gasteiger partial charge in [-0.05, 0) is 73.4 Å². The fourth-order valence-corrected chi connectivity index (χ4v) is 4.82. The molecule has 0 spiro atoms. The predicted molar refractivity (Wildman–Crippen MR) is 157 cm³/mol. The molecular weight excluding hydrogens is 434 g/mol. The van der Waals surface area contributed by atoms with Crippen LogP contribution in [-0.2, 0) is 0 Å². The van der Waals surface area contributed by atoms with Crippen molar-refractivity contribution in [1.29, 1.82) is 0 Å². The van der Waals surface area contributed by atoms with Crippen molar-refractivity contribution >= 4 is 27.9 Å². The van der Waals surface area contributed by atoms with Gasteiger partial charge in [-0.2, -0.15) is 0 Å². The third-order valence-electron chi connectivity index (χ3n) is 6.58. The number of allylic oxidation sites excluding steroid dienone is 1. The number of hydrogen-bond acceptors (Lipinski definition) is 0. The summed E-state index contributed by atoms with van der Waals surface area (Å²) in [7, 11) is 0. The zero-order valence-corrected chi connectivity index (χ0v) is 21.1. The molecule has 0 fully saturated rings. The number of benzene rings is 5. The SMILES string of the molecule is C/C=C\c1c(C)ccc2c1c1cc(-c3ccccc3)ccc1n2-c1ccccc1.Cc1ccccc1. The van der Waals surface area contributed by atoms with Gasteiger partial charge in [0.25, 0.3) is 0 Å². The first-order valence-electron chi connectivity index (χ1n) is 12.5. The average molecular weight is 466 g/mol. The molecule has 5 aromatic carbocycles. The summed E-state index contributed by atoms with van der Waals surface area (Å²) in [6.45, 7) is 6.37. The topological polar surface area (TPSA) is 4.93 Å². The van der Waals surface area contributed by atoms with E-state index in [1.807, 2.05) is 18.2 Å². The summed E-state index contributed by atoms with van der Waals surface area (Å²) in [5.74, 6) is 0. The Balaban J connectivity index is 0.000000330. The van der Waals surface area contributed by atoms with Crippen LogP contribution in [0.5, 0.6) is 0 Å². The van der Waals surface area contributed by atoms with Crippen molar-refractivity contribution in [3.63, 3.8) is 0 Å². The summed E-state index contributed by atoms with van der Waals surface area (Å²) in [4.78, 5) is 0. The summed E-state index contributed by atoms with van der Waals surface area (Å²) in [6.07, 6.45) is 4.37. The van der Waals surface area contributed by atoms with E-state index in [1.165, 1.54) is 55.3 Å². The van der Waals surface area contributed by atoms with Crippen LogP contribution in [0.1, 0.15) is 23.6 Å². The minimum atomic E-state index is 1.19. The Bertz CT molecular complexity index is 1620. The number of rotatable bonds is 3. The van der Waals surface area contributed by atoms with Crippen molar-refractivity contribution < 1.29 is 0 Å². The molecule has 176 valence electrons. The van der Waals surface area contributed by atoms with Gasteiger partial charge in [-0.3, -0.25) is 0 Å². The highest BCUT2D eigenvalue weighted by molar-refractivity contribution is 6.14. The molecule has 6 aromatic rings. The van der Waals surface area contributed by atoms with E-state index in [0.717, 1.165) is 0 Å². The predicted octanol–water partition coefficient (Wildman–Crippen LogP) is 9.79. The summed E-state index contributed by atoms with van der Waals surface area (Å²) in [5.41, 5.74) is 10.1. The first kappa shape index (κ1) is 23.4. The summed E-state index contributed by atoms with van der Waals surface area (Å²) in [5, 5.41) is 2.61. The van der Waals surface area contributed by atoms with E-state index in [2.05, 4.69) is 141 Å². The first-order chi connectivity index (χ1) is 17.7. The maximum Gasteiger partial charge on any atom is 0.0547 e. The first-order valence-corrected chi connectivity index (χ1v) is 12.5. The van der Waals surface area contributed by atoms with Gasteiger partial charge in [-0.15, -0.1) is 0 Å². The van der Waals surface area contributed by atoms with Crippen LogP contribution in [0.3, 0.4) is 0 Å². The summed E-state index contributed by atoms with van der Waals surface area (Å²) < 4.78 is 2.38. The second-order valence-electron chi connectivity index (χ2n) is 9.11. The van der Waals surface area contributed by atoms with Crippen LogP contribution in [0.2, 0.25) is 0 Å². The molecule has 0 aliphatic rings. The third-order valence-corrected chi connectivity index (χ3v) is 6.58. The molecule has 0 atom stereocenters. The molecule has 0 saturated heterocycles. The number of hydrogen-bond donors (Lipinski definition) is 0. The van der Waals surface area contributed by atoms with Crippen molar-refractivity contribution in [3.8, 4) is 16.8 Å². The Morgan fingerprint density at radius 1 is 0.583 bits per heavy atom.